The van der Waals surface area contributed by atoms with Gasteiger partial charge in [-0.2, -0.15) is 5.26 Å². The lowest BCUT2D eigenvalue weighted by atomic mass is 10.2. The predicted molar refractivity (Wildman–Crippen MR) is 61.1 cm³/mol. The molecule has 0 saturated heterocycles. The number of aromatic nitrogens is 1. The Balaban J connectivity index is 2.77. The van der Waals surface area contributed by atoms with Crippen LogP contribution in [0, 0.1) is 11.3 Å². The van der Waals surface area contributed by atoms with Crippen LogP contribution in [-0.2, 0) is 4.79 Å². The van der Waals surface area contributed by atoms with E-state index in [4.69, 9.17) is 10.4 Å². The van der Waals surface area contributed by atoms with Crippen LogP contribution in [0.15, 0.2) is 23.4 Å². The minimum Gasteiger partial charge on any atom is -0.480 e. The Morgan fingerprint density at radius 2 is 2.50 bits per heavy atom. The van der Waals surface area contributed by atoms with Gasteiger partial charge in [-0.15, -0.1) is 0 Å². The third kappa shape index (κ3) is 3.55. The van der Waals surface area contributed by atoms with E-state index in [-0.39, 0.29) is 0 Å². The molecule has 0 aliphatic heterocycles. The number of nitrogens with zero attached hydrogens (tertiary/aromatic N) is 2. The molecule has 16 heavy (non-hydrogen) atoms. The molecule has 1 aromatic heterocycles. The van der Waals surface area contributed by atoms with E-state index >= 15 is 0 Å². The molecule has 0 fully saturated rings. The van der Waals surface area contributed by atoms with Gasteiger partial charge in [0.15, 0.2) is 0 Å². The van der Waals surface area contributed by atoms with E-state index in [1.54, 1.807) is 12.1 Å². The van der Waals surface area contributed by atoms with Crippen LogP contribution < -0.4 is 0 Å². The molecule has 4 nitrogen and oxygen atoms in total. The maximum Gasteiger partial charge on any atom is 0.317 e. The van der Waals surface area contributed by atoms with E-state index < -0.39 is 11.2 Å². The van der Waals surface area contributed by atoms with E-state index in [2.05, 4.69) is 4.98 Å². The van der Waals surface area contributed by atoms with Crippen molar-refractivity contribution >= 4 is 17.7 Å². The number of hydrogen-bond acceptors (Lipinski definition) is 4. The highest BCUT2D eigenvalue weighted by Crippen LogP contribution is 2.25. The van der Waals surface area contributed by atoms with Gasteiger partial charge in [0.25, 0.3) is 0 Å². The molecule has 0 spiro atoms. The minimum atomic E-state index is -0.837. The Morgan fingerprint density at radius 3 is 3.06 bits per heavy atom. The zero-order valence-electron chi connectivity index (χ0n) is 8.88. The van der Waals surface area contributed by atoms with E-state index in [1.165, 1.54) is 18.0 Å². The molecular formula is C11H12N2O2S. The Morgan fingerprint density at radius 1 is 1.75 bits per heavy atom. The van der Waals surface area contributed by atoms with Crippen molar-refractivity contribution in [3.8, 4) is 6.07 Å². The molecule has 0 aliphatic rings. The Labute approximate surface area is 98.3 Å². The first-order valence-electron chi connectivity index (χ1n) is 4.93. The maximum absolute atomic E-state index is 10.9. The second-order valence-corrected chi connectivity index (χ2v) is 4.45. The van der Waals surface area contributed by atoms with E-state index in [0.29, 0.717) is 17.0 Å². The van der Waals surface area contributed by atoms with Gasteiger partial charge in [-0.1, -0.05) is 25.1 Å². The molecule has 0 bridgehead atoms. The SMILES string of the molecule is CCCC(Sc1cc(C#N)ccn1)C(=O)O. The standard InChI is InChI=1S/C11H12N2O2S/c1-2-3-9(11(14)15)16-10-6-8(7-12)4-5-13-10/h4-6,9H,2-3H2,1H3,(H,14,15). The van der Waals surface area contributed by atoms with Crippen LogP contribution in [-0.4, -0.2) is 21.3 Å². The molecule has 5 heteroatoms. The molecule has 84 valence electrons. The van der Waals surface area contributed by atoms with Gasteiger partial charge in [0.1, 0.15) is 5.25 Å². The third-order valence-electron chi connectivity index (χ3n) is 1.95. The van der Waals surface area contributed by atoms with Crippen LogP contribution in [0.25, 0.3) is 0 Å². The van der Waals surface area contributed by atoms with Gasteiger partial charge in [0, 0.05) is 6.20 Å². The van der Waals surface area contributed by atoms with Crippen molar-refractivity contribution in [3.05, 3.63) is 23.9 Å². The lowest BCUT2D eigenvalue weighted by Crippen LogP contribution is -2.15. The highest BCUT2D eigenvalue weighted by atomic mass is 32.2. The fourth-order valence-corrected chi connectivity index (χ4v) is 2.25. The summed E-state index contributed by atoms with van der Waals surface area (Å²) in [5, 5.41) is 17.8. The summed E-state index contributed by atoms with van der Waals surface area (Å²) in [6.07, 6.45) is 2.92. The van der Waals surface area contributed by atoms with E-state index in [9.17, 15) is 4.79 Å². The summed E-state index contributed by atoms with van der Waals surface area (Å²) in [7, 11) is 0. The summed E-state index contributed by atoms with van der Waals surface area (Å²) in [6.45, 7) is 1.94. The smallest absolute Gasteiger partial charge is 0.317 e. The van der Waals surface area contributed by atoms with Gasteiger partial charge >= 0.3 is 5.97 Å². The summed E-state index contributed by atoms with van der Waals surface area (Å²) >= 11 is 1.19. The number of carbonyl (C=O) groups is 1. The second kappa shape index (κ2) is 6.13. The molecule has 1 rings (SSSR count). The first-order chi connectivity index (χ1) is 7.67. The summed E-state index contributed by atoms with van der Waals surface area (Å²) < 4.78 is 0. The summed E-state index contributed by atoms with van der Waals surface area (Å²) in [5.74, 6) is -0.837. The third-order valence-corrected chi connectivity index (χ3v) is 3.14. The second-order valence-electron chi connectivity index (χ2n) is 3.23. The molecule has 0 aliphatic carbocycles. The van der Waals surface area contributed by atoms with Gasteiger partial charge in [0.05, 0.1) is 16.7 Å². The molecular weight excluding hydrogens is 224 g/mol. The van der Waals surface area contributed by atoms with Gasteiger partial charge in [-0.3, -0.25) is 4.79 Å². The fraction of sp³-hybridized carbons (Fsp3) is 0.364. The van der Waals surface area contributed by atoms with Crippen molar-refractivity contribution in [2.75, 3.05) is 0 Å². The maximum atomic E-state index is 10.9. The molecule has 0 amide bonds. The molecule has 1 atom stereocenters. The van der Waals surface area contributed by atoms with Gasteiger partial charge in [0.2, 0.25) is 0 Å². The molecule has 0 saturated carbocycles. The van der Waals surface area contributed by atoms with Gasteiger partial charge in [-0.25, -0.2) is 4.98 Å². The Bertz CT molecular complexity index is 415. The predicted octanol–water partition coefficient (Wildman–Crippen LogP) is 2.30. The number of hydrogen-bond donors (Lipinski definition) is 1. The molecule has 1 unspecified atom stereocenters. The molecule has 1 heterocycles. The van der Waals surface area contributed by atoms with Crippen LogP contribution in [0.2, 0.25) is 0 Å². The normalized spacial score (nSPS) is 11.8. The van der Waals surface area contributed by atoms with E-state index in [0.717, 1.165) is 6.42 Å². The minimum absolute atomic E-state index is 0.494. The van der Waals surface area contributed by atoms with Gasteiger partial charge in [-0.05, 0) is 18.6 Å². The van der Waals surface area contributed by atoms with Crippen LogP contribution in [0.1, 0.15) is 25.3 Å². The quantitative estimate of drug-likeness (QED) is 0.794. The zero-order chi connectivity index (χ0) is 12.0. The number of thioether (sulfide) groups is 1. The van der Waals surface area contributed by atoms with Gasteiger partial charge < -0.3 is 5.11 Å². The lowest BCUT2D eigenvalue weighted by Gasteiger charge is -2.09. The van der Waals surface area contributed by atoms with Crippen molar-refractivity contribution in [2.24, 2.45) is 0 Å². The number of rotatable bonds is 5. The van der Waals surface area contributed by atoms with Crippen molar-refractivity contribution in [1.82, 2.24) is 4.98 Å². The molecule has 0 radical (unpaired) electrons. The first-order valence-corrected chi connectivity index (χ1v) is 5.81. The zero-order valence-corrected chi connectivity index (χ0v) is 9.70. The highest BCUT2D eigenvalue weighted by molar-refractivity contribution is 8.00. The largest absolute Gasteiger partial charge is 0.480 e. The van der Waals surface area contributed by atoms with Crippen molar-refractivity contribution in [3.63, 3.8) is 0 Å². The van der Waals surface area contributed by atoms with Crippen LogP contribution in [0.4, 0.5) is 0 Å². The highest BCUT2D eigenvalue weighted by Gasteiger charge is 2.18. The van der Waals surface area contributed by atoms with Crippen LogP contribution in [0.5, 0.6) is 0 Å². The van der Waals surface area contributed by atoms with E-state index in [1.807, 2.05) is 13.0 Å². The van der Waals surface area contributed by atoms with Crippen molar-refractivity contribution in [2.45, 2.75) is 30.0 Å². The Hall–Kier alpha value is -1.54. The summed E-state index contributed by atoms with van der Waals surface area (Å²) in [4.78, 5) is 15.0. The average Bonchev–Trinajstić information content (AvgIpc) is 2.28. The first kappa shape index (κ1) is 12.5. The molecule has 1 aromatic rings. The number of nitriles is 1. The Kier molecular flexibility index (Phi) is 4.80. The fourth-order valence-electron chi connectivity index (χ4n) is 1.18. The number of carboxylic acids is 1. The topological polar surface area (TPSA) is 74.0 Å². The van der Waals surface area contributed by atoms with Crippen molar-refractivity contribution in [1.29, 1.82) is 5.26 Å². The lowest BCUT2D eigenvalue weighted by molar-refractivity contribution is -0.136. The number of pyridine rings is 1. The number of carboxylic acid groups (broad SMARTS) is 1. The molecule has 0 aromatic carbocycles. The van der Waals surface area contributed by atoms with Crippen LogP contribution >= 0.6 is 11.8 Å². The van der Waals surface area contributed by atoms with Crippen LogP contribution in [0.3, 0.4) is 0 Å². The molecule has 1 N–H and O–H groups in total. The summed E-state index contributed by atoms with van der Waals surface area (Å²) in [5.41, 5.74) is 0.498. The van der Waals surface area contributed by atoms with Crippen molar-refractivity contribution < 1.29 is 9.90 Å². The number of aliphatic carboxylic acids is 1. The average molecular weight is 236 g/mol. The summed E-state index contributed by atoms with van der Waals surface area (Å²) in [6, 6.07) is 5.21. The monoisotopic (exact) mass is 236 g/mol.